The molecular weight excluding hydrogens is 751 g/mol. The van der Waals surface area contributed by atoms with Gasteiger partial charge in [-0.25, -0.2) is 28.3 Å². The van der Waals surface area contributed by atoms with Crippen LogP contribution in [0.5, 0.6) is 0 Å². The molecule has 0 bridgehead atoms. The smallest absolute Gasteiger partial charge is 0.407 e. The summed E-state index contributed by atoms with van der Waals surface area (Å²) in [4.78, 5) is 70.2. The van der Waals surface area contributed by atoms with Crippen molar-refractivity contribution in [2.75, 3.05) is 27.3 Å². The number of likely N-dealkylation sites (tertiary alicyclic amines) is 2. The molecule has 0 unspecified atom stereocenters. The number of rotatable bonds is 10. The Bertz CT molecular complexity index is 2200. The molecule has 0 aliphatic carbocycles. The lowest BCUT2D eigenvalue weighted by atomic mass is 9.99. The van der Waals surface area contributed by atoms with Crippen LogP contribution in [0.2, 0.25) is 0 Å². The quantitative estimate of drug-likeness (QED) is 0.115. The van der Waals surface area contributed by atoms with E-state index in [1.165, 1.54) is 26.4 Å². The topological polar surface area (TPSA) is 175 Å². The molecule has 4 N–H and O–H groups in total. The number of nitrogens with one attached hydrogen (secondary N) is 4. The number of fused-ring (bicyclic) bond motifs is 2. The molecule has 0 spiro atoms. The number of amides is 4. The second-order valence-corrected chi connectivity index (χ2v) is 15.6. The summed E-state index contributed by atoms with van der Waals surface area (Å²) in [6.07, 6.45) is 1.33. The zero-order valence-corrected chi connectivity index (χ0v) is 33.3. The maximum atomic E-state index is 15.6. The average molecular weight is 799 g/mol. The summed E-state index contributed by atoms with van der Waals surface area (Å²) in [5.74, 6) is -0.997. The van der Waals surface area contributed by atoms with Crippen LogP contribution in [0.4, 0.5) is 18.4 Å². The van der Waals surface area contributed by atoms with Crippen molar-refractivity contribution in [3.8, 4) is 22.3 Å². The lowest BCUT2D eigenvalue weighted by Gasteiger charge is -2.29. The predicted octanol–water partition coefficient (Wildman–Crippen LogP) is 7.14. The average Bonchev–Trinajstić information content (AvgIpc) is 4.04. The fraction of sp³-hybridized carbons (Fsp3) is 0.429. The standard InChI is InChI=1S/C42H48F2N8O6/c1-21(2)33(49-41(55)57-5)39(53)51-15-7-9-31(51)37-45-29-19-25(17-27(43)35(29)47-37)23-11-13-24(14-12-23)26-18-28(44)36-30(20-26)46-38(48-36)32-10-8-16-52(32)40(54)34(22(3)4)50-42(56)58-6/h11-14,17-22,31-34H,7-10,15-16H2,1-6H3,(H,45,47)(H,46,48)(H,49,55)(H,50,56)/t31-,32-,33-,34-/m0/s1. The number of aromatic nitrogens is 4. The SMILES string of the molecule is COC(=O)N[C@H](C(=O)N1CCC[C@H]1c1nc2c(F)cc(-c3ccc(-c4cc(F)c5nc([C@@H]6CCCN6C(=O)[C@@H](NC(=O)OC)C(C)C)[nH]c5c4)cc3)cc2[nH]1)C(C)C. The van der Waals surface area contributed by atoms with E-state index < -0.39 is 48.0 Å². The number of aromatic amines is 2. The van der Waals surface area contributed by atoms with E-state index in [-0.39, 0.29) is 34.7 Å². The van der Waals surface area contributed by atoms with Crippen LogP contribution in [0, 0.1) is 23.5 Å². The zero-order chi connectivity index (χ0) is 41.4. The Hall–Kier alpha value is -6.06. The highest BCUT2D eigenvalue weighted by Crippen LogP contribution is 2.37. The monoisotopic (exact) mass is 798 g/mol. The van der Waals surface area contributed by atoms with Gasteiger partial charge in [-0.15, -0.1) is 0 Å². The number of carbonyl (C=O) groups is 4. The minimum absolute atomic E-state index is 0.160. The van der Waals surface area contributed by atoms with E-state index in [0.717, 1.165) is 24.0 Å². The number of nitrogens with zero attached hydrogens (tertiary/aromatic N) is 4. The highest BCUT2D eigenvalue weighted by Gasteiger charge is 2.39. The fourth-order valence-electron chi connectivity index (χ4n) is 8.08. The molecule has 58 heavy (non-hydrogen) atoms. The first-order valence-electron chi connectivity index (χ1n) is 19.6. The van der Waals surface area contributed by atoms with Crippen LogP contribution >= 0.6 is 0 Å². The van der Waals surface area contributed by atoms with Crippen molar-refractivity contribution in [3.05, 3.63) is 71.8 Å². The van der Waals surface area contributed by atoms with Crippen LogP contribution < -0.4 is 10.6 Å². The molecule has 4 atom stereocenters. The maximum absolute atomic E-state index is 15.6. The van der Waals surface area contributed by atoms with Gasteiger partial charge in [0.05, 0.1) is 37.3 Å². The van der Waals surface area contributed by atoms with Crippen molar-refractivity contribution >= 4 is 46.1 Å². The number of hydrogen-bond acceptors (Lipinski definition) is 8. The van der Waals surface area contributed by atoms with Crippen LogP contribution in [-0.2, 0) is 19.1 Å². The van der Waals surface area contributed by atoms with Crippen molar-refractivity contribution in [2.24, 2.45) is 11.8 Å². The summed E-state index contributed by atoms with van der Waals surface area (Å²) in [6, 6.07) is 11.4. The van der Waals surface area contributed by atoms with Gasteiger partial charge in [0.2, 0.25) is 11.8 Å². The number of ether oxygens (including phenoxy) is 2. The van der Waals surface area contributed by atoms with Crippen molar-refractivity contribution in [3.63, 3.8) is 0 Å². The first-order valence-corrected chi connectivity index (χ1v) is 19.6. The number of imidazole rings is 2. The number of hydrogen-bond donors (Lipinski definition) is 4. The number of benzene rings is 3. The molecule has 4 amide bonds. The van der Waals surface area contributed by atoms with Crippen molar-refractivity contribution < 1.29 is 37.4 Å². The van der Waals surface area contributed by atoms with E-state index in [9.17, 15) is 19.2 Å². The zero-order valence-electron chi connectivity index (χ0n) is 33.3. The normalized spacial score (nSPS) is 18.0. The summed E-state index contributed by atoms with van der Waals surface area (Å²) in [6.45, 7) is 8.32. The Balaban J connectivity index is 1.10. The van der Waals surface area contributed by atoms with Gasteiger partial charge < -0.3 is 39.9 Å². The van der Waals surface area contributed by atoms with Crippen molar-refractivity contribution in [1.29, 1.82) is 0 Å². The molecule has 14 nitrogen and oxygen atoms in total. The van der Waals surface area contributed by atoms with Crippen LogP contribution in [0.15, 0.2) is 48.5 Å². The molecule has 2 aliphatic heterocycles. The van der Waals surface area contributed by atoms with Crippen LogP contribution in [0.3, 0.4) is 0 Å². The maximum Gasteiger partial charge on any atom is 0.407 e. The molecule has 2 aliphatic rings. The van der Waals surface area contributed by atoms with Gasteiger partial charge >= 0.3 is 12.2 Å². The third-order valence-electron chi connectivity index (χ3n) is 11.2. The lowest BCUT2D eigenvalue weighted by Crippen LogP contribution is -2.51. The molecule has 2 saturated heterocycles. The van der Waals surface area contributed by atoms with Crippen LogP contribution in [-0.4, -0.2) is 93.1 Å². The first kappa shape index (κ1) is 40.1. The molecule has 306 valence electrons. The Morgan fingerprint density at radius 3 is 1.38 bits per heavy atom. The van der Waals surface area contributed by atoms with Gasteiger partial charge in [-0.1, -0.05) is 52.0 Å². The highest BCUT2D eigenvalue weighted by atomic mass is 19.1. The molecule has 5 aromatic rings. The number of halogens is 2. The predicted molar refractivity (Wildman–Crippen MR) is 212 cm³/mol. The minimum Gasteiger partial charge on any atom is -0.453 e. The number of alkyl carbamates (subject to hydrolysis) is 2. The van der Waals surface area contributed by atoms with E-state index >= 15 is 8.78 Å². The largest absolute Gasteiger partial charge is 0.453 e. The minimum atomic E-state index is -0.791. The van der Waals surface area contributed by atoms with E-state index in [1.807, 2.05) is 64.1 Å². The number of H-pyrrole nitrogens is 2. The first-order chi connectivity index (χ1) is 27.8. The molecule has 3 aromatic carbocycles. The van der Waals surface area contributed by atoms with E-state index in [4.69, 9.17) is 9.47 Å². The molecule has 4 heterocycles. The van der Waals surface area contributed by atoms with E-state index in [2.05, 4.69) is 30.6 Å². The van der Waals surface area contributed by atoms with Crippen molar-refractivity contribution in [1.82, 2.24) is 40.4 Å². The third-order valence-corrected chi connectivity index (χ3v) is 11.2. The van der Waals surface area contributed by atoms with Gasteiger partial charge in [0.1, 0.15) is 34.8 Å². The molecule has 2 aromatic heterocycles. The van der Waals surface area contributed by atoms with Gasteiger partial charge in [-0.3, -0.25) is 9.59 Å². The second kappa shape index (κ2) is 16.4. The van der Waals surface area contributed by atoms with E-state index in [0.29, 0.717) is 59.7 Å². The Labute approximate surface area is 334 Å². The Kier molecular flexibility index (Phi) is 11.4. The summed E-state index contributed by atoms with van der Waals surface area (Å²) in [5, 5.41) is 5.28. The molecule has 0 saturated carbocycles. The van der Waals surface area contributed by atoms with Crippen molar-refractivity contribution in [2.45, 2.75) is 77.5 Å². The summed E-state index contributed by atoms with van der Waals surface area (Å²) in [7, 11) is 2.49. The molecule has 2 fully saturated rings. The van der Waals surface area contributed by atoms with Gasteiger partial charge in [0.15, 0.2) is 11.6 Å². The molecule has 7 rings (SSSR count). The summed E-state index contributed by atoms with van der Waals surface area (Å²) in [5.41, 5.74) is 3.93. The molecule has 0 radical (unpaired) electrons. The van der Waals surface area contributed by atoms with Gasteiger partial charge in [-0.05, 0) is 84.0 Å². The third kappa shape index (κ3) is 7.79. The number of methoxy groups -OCH3 is 2. The van der Waals surface area contributed by atoms with E-state index in [1.54, 1.807) is 9.80 Å². The van der Waals surface area contributed by atoms with Crippen LogP contribution in [0.25, 0.3) is 44.3 Å². The molecular formula is C42H48F2N8O6. The fourth-order valence-corrected chi connectivity index (χ4v) is 8.08. The lowest BCUT2D eigenvalue weighted by molar-refractivity contribution is -0.136. The second-order valence-electron chi connectivity index (χ2n) is 15.6. The van der Waals surface area contributed by atoms with Gasteiger partial charge in [-0.2, -0.15) is 0 Å². The highest BCUT2D eigenvalue weighted by molar-refractivity contribution is 5.89. The Morgan fingerprint density at radius 1 is 0.655 bits per heavy atom. The summed E-state index contributed by atoms with van der Waals surface area (Å²) >= 11 is 0. The van der Waals surface area contributed by atoms with Gasteiger partial charge in [0, 0.05) is 13.1 Å². The summed E-state index contributed by atoms with van der Waals surface area (Å²) < 4.78 is 40.8. The van der Waals surface area contributed by atoms with Crippen LogP contribution in [0.1, 0.15) is 77.1 Å². The Morgan fingerprint density at radius 2 is 1.03 bits per heavy atom. The molecule has 16 heteroatoms. The van der Waals surface area contributed by atoms with Gasteiger partial charge in [0.25, 0.3) is 0 Å². The number of carbonyl (C=O) groups excluding carboxylic acids is 4.